The molecule has 0 saturated carbocycles. The summed E-state index contributed by atoms with van der Waals surface area (Å²) in [5.41, 5.74) is 8.58. The van der Waals surface area contributed by atoms with Gasteiger partial charge in [0.15, 0.2) is 5.11 Å². The maximum atomic E-state index is 5.25. The predicted molar refractivity (Wildman–Crippen MR) is 98.7 cm³/mol. The van der Waals surface area contributed by atoms with Crippen LogP contribution in [-0.4, -0.2) is 11.3 Å². The monoisotopic (exact) mass is 311 g/mol. The van der Waals surface area contributed by atoms with Crippen LogP contribution in [0.4, 0.5) is 5.69 Å². The van der Waals surface area contributed by atoms with E-state index in [1.807, 2.05) is 18.2 Å². The summed E-state index contributed by atoms with van der Waals surface area (Å²) in [6, 6.07) is 14.5. The molecule has 2 aromatic carbocycles. The second-order valence-corrected chi connectivity index (χ2v) is 5.65. The first-order valence-corrected chi connectivity index (χ1v) is 7.75. The third-order valence-corrected chi connectivity index (χ3v) is 3.59. The summed E-state index contributed by atoms with van der Waals surface area (Å²) in [7, 11) is 0. The Kier molecular flexibility index (Phi) is 5.67. The molecule has 0 amide bonds. The summed E-state index contributed by atoms with van der Waals surface area (Å²) in [6.45, 7) is 6.26. The molecule has 0 saturated heterocycles. The van der Waals surface area contributed by atoms with Crippen molar-refractivity contribution >= 4 is 29.2 Å². The molecule has 0 fully saturated rings. The van der Waals surface area contributed by atoms with Gasteiger partial charge in [-0.15, -0.1) is 0 Å². The van der Waals surface area contributed by atoms with Gasteiger partial charge in [-0.25, -0.2) is 0 Å². The molecule has 0 bridgehead atoms. The van der Waals surface area contributed by atoms with Crippen molar-refractivity contribution in [1.29, 1.82) is 0 Å². The lowest BCUT2D eigenvalue weighted by molar-refractivity contribution is 1.05. The molecule has 0 aliphatic carbocycles. The highest BCUT2D eigenvalue weighted by molar-refractivity contribution is 7.80. The molecule has 2 N–H and O–H groups in total. The van der Waals surface area contributed by atoms with Crippen molar-refractivity contribution < 1.29 is 0 Å². The number of hydrogen-bond donors (Lipinski definition) is 2. The minimum absolute atomic E-state index is 0.480. The van der Waals surface area contributed by atoms with E-state index >= 15 is 0 Å². The number of anilines is 1. The molecule has 0 atom stereocenters. The first-order valence-electron chi connectivity index (χ1n) is 7.34. The second-order valence-electron chi connectivity index (χ2n) is 5.24. The Bertz CT molecular complexity index is 675. The highest BCUT2D eigenvalue weighted by atomic mass is 32.1. The number of rotatable bonds is 4. The van der Waals surface area contributed by atoms with Gasteiger partial charge in [0, 0.05) is 5.69 Å². The van der Waals surface area contributed by atoms with Gasteiger partial charge in [-0.1, -0.05) is 48.9 Å². The number of benzene rings is 2. The van der Waals surface area contributed by atoms with E-state index in [2.05, 4.69) is 60.9 Å². The van der Waals surface area contributed by atoms with E-state index in [0.717, 1.165) is 23.2 Å². The molecule has 114 valence electrons. The fourth-order valence-corrected chi connectivity index (χ4v) is 2.27. The van der Waals surface area contributed by atoms with Crippen LogP contribution in [0, 0.1) is 13.8 Å². The molecule has 0 unspecified atom stereocenters. The number of hydrogen-bond acceptors (Lipinski definition) is 2. The van der Waals surface area contributed by atoms with Crippen molar-refractivity contribution in [2.75, 3.05) is 5.32 Å². The molecule has 3 nitrogen and oxygen atoms in total. The lowest BCUT2D eigenvalue weighted by atomic mass is 10.1. The van der Waals surface area contributed by atoms with E-state index in [0.29, 0.717) is 5.11 Å². The van der Waals surface area contributed by atoms with Gasteiger partial charge >= 0.3 is 0 Å². The molecule has 0 aromatic heterocycles. The Morgan fingerprint density at radius 2 is 1.86 bits per heavy atom. The molecule has 2 aromatic rings. The van der Waals surface area contributed by atoms with Crippen LogP contribution in [0.2, 0.25) is 0 Å². The summed E-state index contributed by atoms with van der Waals surface area (Å²) in [4.78, 5) is 0. The SMILES string of the molecule is CCc1ccc(C=NNC(=S)Nc2ccc(C)cc2C)cc1. The first-order chi connectivity index (χ1) is 10.6. The Balaban J connectivity index is 1.90. The van der Waals surface area contributed by atoms with Crippen LogP contribution in [0.5, 0.6) is 0 Å². The second kappa shape index (κ2) is 7.71. The Labute approximate surface area is 137 Å². The minimum atomic E-state index is 0.480. The average Bonchev–Trinajstić information content (AvgIpc) is 2.51. The van der Waals surface area contributed by atoms with E-state index in [1.54, 1.807) is 6.21 Å². The zero-order valence-corrected chi connectivity index (χ0v) is 14.0. The zero-order valence-electron chi connectivity index (χ0n) is 13.2. The van der Waals surface area contributed by atoms with Crippen LogP contribution in [0.25, 0.3) is 0 Å². The van der Waals surface area contributed by atoms with Crippen LogP contribution >= 0.6 is 12.2 Å². The lowest BCUT2D eigenvalue weighted by Gasteiger charge is -2.10. The number of aryl methyl sites for hydroxylation is 3. The van der Waals surface area contributed by atoms with Crippen LogP contribution in [-0.2, 0) is 6.42 Å². The van der Waals surface area contributed by atoms with E-state index in [4.69, 9.17) is 12.2 Å². The van der Waals surface area contributed by atoms with Crippen LogP contribution < -0.4 is 10.7 Å². The zero-order chi connectivity index (χ0) is 15.9. The summed E-state index contributed by atoms with van der Waals surface area (Å²) in [6.07, 6.45) is 2.80. The fraction of sp³-hybridized carbons (Fsp3) is 0.222. The van der Waals surface area contributed by atoms with Gasteiger partial charge < -0.3 is 5.32 Å². The van der Waals surface area contributed by atoms with Gasteiger partial charge in [0.05, 0.1) is 6.21 Å². The summed E-state index contributed by atoms with van der Waals surface area (Å²) in [5.74, 6) is 0. The highest BCUT2D eigenvalue weighted by Gasteiger charge is 2.00. The van der Waals surface area contributed by atoms with Gasteiger partial charge in [-0.2, -0.15) is 5.10 Å². The molecule has 22 heavy (non-hydrogen) atoms. The van der Waals surface area contributed by atoms with E-state index in [1.165, 1.54) is 11.1 Å². The highest BCUT2D eigenvalue weighted by Crippen LogP contribution is 2.15. The summed E-state index contributed by atoms with van der Waals surface area (Å²) >= 11 is 5.25. The van der Waals surface area contributed by atoms with E-state index in [9.17, 15) is 0 Å². The third kappa shape index (κ3) is 4.67. The van der Waals surface area contributed by atoms with Crippen molar-refractivity contribution in [2.45, 2.75) is 27.2 Å². The number of nitrogens with one attached hydrogen (secondary N) is 2. The first kappa shape index (κ1) is 16.2. The largest absolute Gasteiger partial charge is 0.331 e. The van der Waals surface area contributed by atoms with Gasteiger partial charge in [-0.05, 0) is 55.2 Å². The number of hydrazone groups is 1. The van der Waals surface area contributed by atoms with E-state index < -0.39 is 0 Å². The maximum absolute atomic E-state index is 5.25. The average molecular weight is 311 g/mol. The smallest absolute Gasteiger partial charge is 0.191 e. The molecule has 0 spiro atoms. The minimum Gasteiger partial charge on any atom is -0.331 e. The predicted octanol–water partition coefficient (Wildman–Crippen LogP) is 4.19. The number of nitrogens with zero attached hydrogens (tertiary/aromatic N) is 1. The lowest BCUT2D eigenvalue weighted by Crippen LogP contribution is -2.24. The fourth-order valence-electron chi connectivity index (χ4n) is 2.11. The molecule has 0 heterocycles. The van der Waals surface area contributed by atoms with Crippen molar-refractivity contribution in [1.82, 2.24) is 5.43 Å². The maximum Gasteiger partial charge on any atom is 0.191 e. The van der Waals surface area contributed by atoms with Crippen LogP contribution in [0.3, 0.4) is 0 Å². The Morgan fingerprint density at radius 1 is 1.14 bits per heavy atom. The Morgan fingerprint density at radius 3 is 2.50 bits per heavy atom. The van der Waals surface area contributed by atoms with Crippen LogP contribution in [0.15, 0.2) is 47.6 Å². The van der Waals surface area contributed by atoms with Gasteiger partial charge in [0.25, 0.3) is 0 Å². The standard InChI is InChI=1S/C18H21N3S/c1-4-15-6-8-16(9-7-15)12-19-21-18(22)20-17-10-5-13(2)11-14(17)3/h5-12H,4H2,1-3H3,(H2,20,21,22). The van der Waals surface area contributed by atoms with Gasteiger partial charge in [0.1, 0.15) is 0 Å². The van der Waals surface area contributed by atoms with Crippen molar-refractivity contribution in [3.63, 3.8) is 0 Å². The van der Waals surface area contributed by atoms with E-state index in [-0.39, 0.29) is 0 Å². The molecule has 0 aliphatic rings. The number of thiocarbonyl (C=S) groups is 1. The molecule has 0 aliphatic heterocycles. The molecule has 0 radical (unpaired) electrons. The quantitative estimate of drug-likeness (QED) is 0.505. The van der Waals surface area contributed by atoms with Crippen LogP contribution in [0.1, 0.15) is 29.2 Å². The normalized spacial score (nSPS) is 10.7. The molecular weight excluding hydrogens is 290 g/mol. The van der Waals surface area contributed by atoms with Crippen molar-refractivity contribution in [2.24, 2.45) is 5.10 Å². The molecular formula is C18H21N3S. The topological polar surface area (TPSA) is 36.4 Å². The van der Waals surface area contributed by atoms with Gasteiger partial charge in [-0.3, -0.25) is 5.43 Å². The van der Waals surface area contributed by atoms with Gasteiger partial charge in [0.2, 0.25) is 0 Å². The summed E-state index contributed by atoms with van der Waals surface area (Å²) in [5, 5.41) is 7.79. The van der Waals surface area contributed by atoms with Crippen molar-refractivity contribution in [3.05, 3.63) is 64.7 Å². The van der Waals surface area contributed by atoms with Crippen molar-refractivity contribution in [3.8, 4) is 0 Å². The Hall–Kier alpha value is -2.20. The third-order valence-electron chi connectivity index (χ3n) is 3.40. The molecule has 4 heteroatoms. The summed E-state index contributed by atoms with van der Waals surface area (Å²) < 4.78 is 0. The molecule has 2 rings (SSSR count).